The van der Waals surface area contributed by atoms with E-state index in [0.717, 1.165) is 5.01 Å². The molecule has 0 amide bonds. The van der Waals surface area contributed by atoms with Crippen LogP contribution < -0.4 is 10.5 Å². The van der Waals surface area contributed by atoms with Gasteiger partial charge in [0.15, 0.2) is 0 Å². The van der Waals surface area contributed by atoms with E-state index in [1.54, 1.807) is 6.20 Å². The molecule has 0 unspecified atom stereocenters. The van der Waals surface area contributed by atoms with Crippen molar-refractivity contribution in [1.82, 2.24) is 9.71 Å². The quantitative estimate of drug-likeness (QED) is 0.768. The zero-order valence-corrected chi connectivity index (χ0v) is 14.0. The highest BCUT2D eigenvalue weighted by Crippen LogP contribution is 2.22. The van der Waals surface area contributed by atoms with Crippen molar-refractivity contribution in [3.63, 3.8) is 0 Å². The molecule has 21 heavy (non-hydrogen) atoms. The summed E-state index contributed by atoms with van der Waals surface area (Å²) in [5.74, 6) is 0. The minimum Gasteiger partial charge on any atom is -0.389 e. The Balaban J connectivity index is 2.10. The predicted octanol–water partition coefficient (Wildman–Crippen LogP) is 1.95. The van der Waals surface area contributed by atoms with Gasteiger partial charge in [-0.05, 0) is 12.1 Å². The number of halogens is 1. The number of thiocarbonyl (C=S) groups is 1. The zero-order chi connectivity index (χ0) is 15.5. The second-order valence-corrected chi connectivity index (χ2v) is 7.64. The SMILES string of the molecule is NC(=S)c1ccc(S(=O)(=O)NCCc2nccs2)c(Cl)c1. The van der Waals surface area contributed by atoms with Gasteiger partial charge >= 0.3 is 0 Å². The van der Waals surface area contributed by atoms with Crippen LogP contribution in [0.5, 0.6) is 0 Å². The fourth-order valence-corrected chi connectivity index (χ4v) is 3.94. The number of aromatic nitrogens is 1. The Kier molecular flexibility index (Phi) is 5.28. The molecule has 1 heterocycles. The molecule has 1 aromatic heterocycles. The Morgan fingerprint density at radius 3 is 2.81 bits per heavy atom. The molecule has 112 valence electrons. The molecule has 9 heteroatoms. The Morgan fingerprint density at radius 1 is 1.48 bits per heavy atom. The van der Waals surface area contributed by atoms with E-state index >= 15 is 0 Å². The fourth-order valence-electron chi connectivity index (χ4n) is 1.62. The van der Waals surface area contributed by atoms with Gasteiger partial charge in [0, 0.05) is 30.1 Å². The summed E-state index contributed by atoms with van der Waals surface area (Å²) >= 11 is 12.3. The van der Waals surface area contributed by atoms with Crippen molar-refractivity contribution in [1.29, 1.82) is 0 Å². The highest BCUT2D eigenvalue weighted by Gasteiger charge is 2.18. The summed E-state index contributed by atoms with van der Waals surface area (Å²) in [4.78, 5) is 4.25. The van der Waals surface area contributed by atoms with E-state index in [-0.39, 0.29) is 21.5 Å². The molecule has 0 atom stereocenters. The number of hydrogen-bond donors (Lipinski definition) is 2. The third kappa shape index (κ3) is 4.21. The van der Waals surface area contributed by atoms with Crippen LogP contribution in [0.25, 0.3) is 0 Å². The highest BCUT2D eigenvalue weighted by molar-refractivity contribution is 7.89. The zero-order valence-electron chi connectivity index (χ0n) is 10.7. The van der Waals surface area contributed by atoms with Crippen LogP contribution in [0.1, 0.15) is 10.6 Å². The van der Waals surface area contributed by atoms with Crippen LogP contribution >= 0.6 is 35.2 Å². The monoisotopic (exact) mass is 361 g/mol. The molecule has 0 aliphatic rings. The maximum atomic E-state index is 12.2. The van der Waals surface area contributed by atoms with Crippen molar-refractivity contribution in [2.24, 2.45) is 5.73 Å². The molecule has 3 N–H and O–H groups in total. The Labute approximate surface area is 137 Å². The molecule has 0 radical (unpaired) electrons. The van der Waals surface area contributed by atoms with Crippen LogP contribution in [0, 0.1) is 0 Å². The first-order valence-corrected chi connectivity index (χ1v) is 9.02. The summed E-state index contributed by atoms with van der Waals surface area (Å²) in [5.41, 5.74) is 6.00. The minimum atomic E-state index is -3.68. The van der Waals surface area contributed by atoms with Gasteiger partial charge < -0.3 is 5.73 Å². The fraction of sp³-hybridized carbons (Fsp3) is 0.167. The van der Waals surface area contributed by atoms with Crippen LogP contribution in [-0.4, -0.2) is 24.9 Å². The molecule has 0 saturated carbocycles. The number of sulfonamides is 1. The van der Waals surface area contributed by atoms with Crippen molar-refractivity contribution in [2.75, 3.05) is 6.54 Å². The molecule has 0 saturated heterocycles. The van der Waals surface area contributed by atoms with Crippen LogP contribution in [0.15, 0.2) is 34.7 Å². The van der Waals surface area contributed by atoms with Gasteiger partial charge in [-0.15, -0.1) is 11.3 Å². The Morgan fingerprint density at radius 2 is 2.24 bits per heavy atom. The van der Waals surface area contributed by atoms with E-state index in [9.17, 15) is 8.42 Å². The normalized spacial score (nSPS) is 11.5. The minimum absolute atomic E-state index is 0.00306. The molecular formula is C12H12ClN3O2S3. The second kappa shape index (κ2) is 6.80. The number of benzene rings is 1. The number of nitrogens with two attached hydrogens (primary N) is 1. The topological polar surface area (TPSA) is 85.1 Å². The van der Waals surface area contributed by atoms with E-state index < -0.39 is 10.0 Å². The third-order valence-corrected chi connectivity index (χ3v) is 5.64. The number of rotatable bonds is 6. The van der Waals surface area contributed by atoms with Gasteiger partial charge in [-0.1, -0.05) is 29.9 Å². The number of hydrogen-bond acceptors (Lipinski definition) is 5. The van der Waals surface area contributed by atoms with Gasteiger partial charge in [-0.25, -0.2) is 18.1 Å². The summed E-state index contributed by atoms with van der Waals surface area (Å²) in [7, 11) is -3.68. The molecule has 0 fully saturated rings. The maximum absolute atomic E-state index is 12.2. The number of nitrogens with one attached hydrogen (secondary N) is 1. The Hall–Kier alpha value is -1.06. The Bertz CT molecular complexity index is 745. The highest BCUT2D eigenvalue weighted by atomic mass is 35.5. The summed E-state index contributed by atoms with van der Waals surface area (Å²) in [6.45, 7) is 0.253. The lowest BCUT2D eigenvalue weighted by atomic mass is 10.2. The van der Waals surface area contributed by atoms with Crippen LogP contribution in [0.4, 0.5) is 0 Å². The lowest BCUT2D eigenvalue weighted by molar-refractivity contribution is 0.581. The maximum Gasteiger partial charge on any atom is 0.242 e. The average molecular weight is 362 g/mol. The smallest absolute Gasteiger partial charge is 0.242 e. The molecule has 2 aromatic rings. The van der Waals surface area contributed by atoms with Gasteiger partial charge in [0.2, 0.25) is 10.0 Å². The lowest BCUT2D eigenvalue weighted by Gasteiger charge is -2.09. The van der Waals surface area contributed by atoms with Gasteiger partial charge in [0.25, 0.3) is 0 Å². The van der Waals surface area contributed by atoms with Crippen molar-refractivity contribution in [2.45, 2.75) is 11.3 Å². The molecule has 0 bridgehead atoms. The van der Waals surface area contributed by atoms with Crippen LogP contribution in [-0.2, 0) is 16.4 Å². The van der Waals surface area contributed by atoms with E-state index in [0.29, 0.717) is 12.0 Å². The van der Waals surface area contributed by atoms with E-state index in [4.69, 9.17) is 29.6 Å². The molecular weight excluding hydrogens is 350 g/mol. The van der Waals surface area contributed by atoms with Crippen molar-refractivity contribution in [3.05, 3.63) is 45.4 Å². The third-order valence-electron chi connectivity index (χ3n) is 2.62. The van der Waals surface area contributed by atoms with Gasteiger partial charge in [0.05, 0.1) is 10.0 Å². The summed E-state index contributed by atoms with van der Waals surface area (Å²) in [6.07, 6.45) is 2.21. The van der Waals surface area contributed by atoms with E-state index in [1.165, 1.54) is 29.5 Å². The number of nitrogens with zero attached hydrogens (tertiary/aromatic N) is 1. The standard InChI is InChI=1S/C12H12ClN3O2S3/c13-9-7-8(12(14)19)1-2-10(9)21(17,18)16-4-3-11-15-5-6-20-11/h1-2,5-7,16H,3-4H2,(H2,14,19). The molecule has 0 aliphatic carbocycles. The summed E-state index contributed by atoms with van der Waals surface area (Å²) in [6, 6.07) is 4.37. The molecule has 5 nitrogen and oxygen atoms in total. The predicted molar refractivity (Wildman–Crippen MR) is 88.3 cm³/mol. The van der Waals surface area contributed by atoms with Gasteiger partial charge in [0.1, 0.15) is 9.88 Å². The van der Waals surface area contributed by atoms with Gasteiger partial charge in [-0.3, -0.25) is 0 Å². The first-order valence-electron chi connectivity index (χ1n) is 5.87. The summed E-state index contributed by atoms with van der Waals surface area (Å²) in [5, 5.41) is 2.80. The van der Waals surface area contributed by atoms with E-state index in [2.05, 4.69) is 9.71 Å². The van der Waals surface area contributed by atoms with Crippen molar-refractivity contribution < 1.29 is 8.42 Å². The summed E-state index contributed by atoms with van der Waals surface area (Å²) < 4.78 is 26.9. The second-order valence-electron chi connectivity index (χ2n) is 4.08. The number of thiazole rings is 1. The van der Waals surface area contributed by atoms with Crippen LogP contribution in [0.2, 0.25) is 5.02 Å². The molecule has 2 rings (SSSR count). The van der Waals surface area contributed by atoms with Gasteiger partial charge in [-0.2, -0.15) is 0 Å². The first-order chi connectivity index (χ1) is 9.90. The van der Waals surface area contributed by atoms with Crippen molar-refractivity contribution in [3.8, 4) is 0 Å². The van der Waals surface area contributed by atoms with Crippen molar-refractivity contribution >= 4 is 50.2 Å². The molecule has 1 aromatic carbocycles. The van der Waals surface area contributed by atoms with E-state index in [1.807, 2.05) is 5.38 Å². The van der Waals surface area contributed by atoms with Crippen LogP contribution in [0.3, 0.4) is 0 Å². The molecule has 0 spiro atoms. The average Bonchev–Trinajstić information content (AvgIpc) is 2.91. The lowest BCUT2D eigenvalue weighted by Crippen LogP contribution is -2.26. The largest absolute Gasteiger partial charge is 0.389 e. The molecule has 0 aliphatic heterocycles. The first kappa shape index (κ1) is 16.3.